The predicted octanol–water partition coefficient (Wildman–Crippen LogP) is 2.41. The van der Waals surface area contributed by atoms with Crippen molar-refractivity contribution in [1.82, 2.24) is 4.98 Å². The van der Waals surface area contributed by atoms with Gasteiger partial charge in [0.25, 0.3) is 0 Å². The van der Waals surface area contributed by atoms with Gasteiger partial charge in [-0.05, 0) is 49.4 Å². The lowest BCUT2D eigenvalue weighted by Gasteiger charge is -2.20. The average Bonchev–Trinajstić information content (AvgIpc) is 2.44. The molecule has 0 radical (unpaired) electrons. The zero-order chi connectivity index (χ0) is 12.5. The maximum Gasteiger partial charge on any atom is 0.119 e. The van der Waals surface area contributed by atoms with Crippen molar-refractivity contribution in [3.63, 3.8) is 0 Å². The van der Waals surface area contributed by atoms with Crippen LogP contribution in [-0.4, -0.2) is 12.1 Å². The average molecular weight is 243 g/mol. The quantitative estimate of drug-likeness (QED) is 0.628. The van der Waals surface area contributed by atoms with Crippen molar-refractivity contribution in [3.8, 4) is 5.75 Å². The van der Waals surface area contributed by atoms with Crippen molar-refractivity contribution >= 4 is 16.6 Å². The molecule has 0 saturated carbocycles. The summed E-state index contributed by atoms with van der Waals surface area (Å²) in [5.74, 6) is 6.54. The molecule has 0 amide bonds. The Morgan fingerprint density at radius 3 is 2.89 bits per heavy atom. The van der Waals surface area contributed by atoms with E-state index < -0.39 is 0 Å². The van der Waals surface area contributed by atoms with Crippen molar-refractivity contribution in [3.05, 3.63) is 29.5 Å². The Morgan fingerprint density at radius 2 is 2.11 bits per heavy atom. The summed E-state index contributed by atoms with van der Waals surface area (Å²) in [4.78, 5) is 4.75. The van der Waals surface area contributed by atoms with Gasteiger partial charge in [0.2, 0.25) is 0 Å². The molecule has 18 heavy (non-hydrogen) atoms. The van der Waals surface area contributed by atoms with E-state index in [9.17, 15) is 0 Å². The van der Waals surface area contributed by atoms with Crippen LogP contribution in [0.3, 0.4) is 0 Å². The number of nitrogens with zero attached hydrogens (tertiary/aromatic N) is 1. The molecule has 3 rings (SSSR count). The number of aryl methyl sites for hydroxylation is 1. The molecule has 1 heterocycles. The summed E-state index contributed by atoms with van der Waals surface area (Å²) < 4.78 is 5.27. The lowest BCUT2D eigenvalue weighted by molar-refractivity contribution is 0.415. The van der Waals surface area contributed by atoms with Crippen LogP contribution in [0.15, 0.2) is 18.2 Å². The van der Waals surface area contributed by atoms with E-state index >= 15 is 0 Å². The normalized spacial score (nSPS) is 14.3. The fourth-order valence-corrected chi connectivity index (χ4v) is 2.69. The van der Waals surface area contributed by atoms with Crippen molar-refractivity contribution in [2.45, 2.75) is 25.7 Å². The molecule has 1 aliphatic carbocycles. The Kier molecular flexibility index (Phi) is 2.80. The standard InChI is InChI=1S/C14H17N3O/c1-18-9-6-7-13-11(8-9)14(17-15)10-4-2-3-5-12(10)16-13/h6-8H,2-5,15H2,1H3,(H,16,17). The fraction of sp³-hybridized carbons (Fsp3) is 0.357. The summed E-state index contributed by atoms with van der Waals surface area (Å²) in [5.41, 5.74) is 7.29. The third-order valence-electron chi connectivity index (χ3n) is 3.61. The molecular weight excluding hydrogens is 226 g/mol. The first kappa shape index (κ1) is 11.3. The summed E-state index contributed by atoms with van der Waals surface area (Å²) in [7, 11) is 1.67. The highest BCUT2D eigenvalue weighted by atomic mass is 16.5. The number of anilines is 1. The second-order valence-corrected chi connectivity index (χ2v) is 4.65. The van der Waals surface area contributed by atoms with E-state index in [-0.39, 0.29) is 0 Å². The van der Waals surface area contributed by atoms with Crippen LogP contribution in [0.5, 0.6) is 5.75 Å². The van der Waals surface area contributed by atoms with Gasteiger partial charge in [-0.25, -0.2) is 0 Å². The molecule has 3 N–H and O–H groups in total. The van der Waals surface area contributed by atoms with Crippen LogP contribution < -0.4 is 16.0 Å². The van der Waals surface area contributed by atoms with Gasteiger partial charge in [-0.3, -0.25) is 10.8 Å². The van der Waals surface area contributed by atoms with E-state index in [1.807, 2.05) is 18.2 Å². The van der Waals surface area contributed by atoms with Crippen LogP contribution >= 0.6 is 0 Å². The number of pyridine rings is 1. The molecule has 94 valence electrons. The zero-order valence-electron chi connectivity index (χ0n) is 10.5. The highest BCUT2D eigenvalue weighted by Gasteiger charge is 2.17. The number of nitrogens with one attached hydrogen (secondary N) is 1. The van der Waals surface area contributed by atoms with Crippen LogP contribution in [0.1, 0.15) is 24.1 Å². The van der Waals surface area contributed by atoms with Gasteiger partial charge in [0.15, 0.2) is 0 Å². The molecule has 0 bridgehead atoms. The number of rotatable bonds is 2. The van der Waals surface area contributed by atoms with E-state index in [4.69, 9.17) is 15.6 Å². The number of nitrogen functional groups attached to an aromatic ring is 1. The first-order valence-corrected chi connectivity index (χ1v) is 6.29. The minimum Gasteiger partial charge on any atom is -0.497 e. The molecule has 0 unspecified atom stereocenters. The molecular formula is C14H17N3O. The molecule has 0 aliphatic heterocycles. The second kappa shape index (κ2) is 4.46. The number of benzene rings is 1. The summed E-state index contributed by atoms with van der Waals surface area (Å²) in [6.07, 6.45) is 4.52. The molecule has 4 nitrogen and oxygen atoms in total. The third-order valence-corrected chi connectivity index (χ3v) is 3.61. The van der Waals surface area contributed by atoms with Crippen molar-refractivity contribution in [2.24, 2.45) is 5.84 Å². The topological polar surface area (TPSA) is 60.2 Å². The van der Waals surface area contributed by atoms with Gasteiger partial charge < -0.3 is 10.2 Å². The van der Waals surface area contributed by atoms with Crippen LogP contribution in [0.4, 0.5) is 5.69 Å². The van der Waals surface area contributed by atoms with Gasteiger partial charge in [-0.2, -0.15) is 0 Å². The van der Waals surface area contributed by atoms with E-state index in [0.29, 0.717) is 0 Å². The molecule has 0 fully saturated rings. The number of ether oxygens (including phenoxy) is 1. The molecule has 1 aromatic carbocycles. The van der Waals surface area contributed by atoms with Gasteiger partial charge in [0.05, 0.1) is 18.3 Å². The van der Waals surface area contributed by atoms with Crippen LogP contribution in [0.25, 0.3) is 10.9 Å². The smallest absolute Gasteiger partial charge is 0.119 e. The van der Waals surface area contributed by atoms with E-state index in [1.165, 1.54) is 24.1 Å². The fourth-order valence-electron chi connectivity index (χ4n) is 2.69. The minimum atomic E-state index is 0.830. The van der Waals surface area contributed by atoms with Crippen molar-refractivity contribution in [2.75, 3.05) is 12.5 Å². The van der Waals surface area contributed by atoms with E-state index in [2.05, 4.69) is 5.43 Å². The highest BCUT2D eigenvalue weighted by Crippen LogP contribution is 2.34. The molecule has 1 aromatic heterocycles. The Labute approximate surface area is 106 Å². The molecule has 4 heteroatoms. The second-order valence-electron chi connectivity index (χ2n) is 4.65. The molecule has 0 atom stereocenters. The largest absolute Gasteiger partial charge is 0.497 e. The van der Waals surface area contributed by atoms with Gasteiger partial charge >= 0.3 is 0 Å². The molecule has 0 spiro atoms. The predicted molar refractivity (Wildman–Crippen MR) is 72.7 cm³/mol. The Morgan fingerprint density at radius 1 is 1.28 bits per heavy atom. The van der Waals surface area contributed by atoms with Crippen LogP contribution in [-0.2, 0) is 12.8 Å². The summed E-state index contributed by atoms with van der Waals surface area (Å²) >= 11 is 0. The number of methoxy groups -OCH3 is 1. The lowest BCUT2D eigenvalue weighted by Crippen LogP contribution is -2.15. The molecule has 0 saturated heterocycles. The number of hydrazine groups is 1. The first-order chi connectivity index (χ1) is 8.83. The number of fused-ring (bicyclic) bond motifs is 2. The number of aromatic nitrogens is 1. The highest BCUT2D eigenvalue weighted by molar-refractivity contribution is 5.94. The number of hydrogen-bond acceptors (Lipinski definition) is 4. The lowest BCUT2D eigenvalue weighted by atomic mass is 9.93. The Hall–Kier alpha value is -1.81. The van der Waals surface area contributed by atoms with Gasteiger partial charge in [-0.15, -0.1) is 0 Å². The van der Waals surface area contributed by atoms with Crippen molar-refractivity contribution in [1.29, 1.82) is 0 Å². The zero-order valence-corrected chi connectivity index (χ0v) is 10.5. The Bertz CT molecular complexity index is 595. The monoisotopic (exact) mass is 243 g/mol. The van der Waals surface area contributed by atoms with Crippen LogP contribution in [0.2, 0.25) is 0 Å². The van der Waals surface area contributed by atoms with E-state index in [1.54, 1.807) is 7.11 Å². The minimum absolute atomic E-state index is 0.830. The summed E-state index contributed by atoms with van der Waals surface area (Å²) in [6, 6.07) is 5.92. The maximum atomic E-state index is 5.71. The van der Waals surface area contributed by atoms with Gasteiger partial charge in [0.1, 0.15) is 5.75 Å². The maximum absolute atomic E-state index is 5.71. The summed E-state index contributed by atoms with van der Waals surface area (Å²) in [6.45, 7) is 0. The Balaban J connectivity index is 2.30. The summed E-state index contributed by atoms with van der Waals surface area (Å²) in [5, 5.41) is 1.04. The number of nitrogens with two attached hydrogens (primary N) is 1. The van der Waals surface area contributed by atoms with Gasteiger partial charge in [0, 0.05) is 11.1 Å². The van der Waals surface area contributed by atoms with Gasteiger partial charge in [-0.1, -0.05) is 0 Å². The van der Waals surface area contributed by atoms with E-state index in [0.717, 1.165) is 35.2 Å². The SMILES string of the molecule is COc1ccc2nc3c(c(NN)c2c1)CCCC3. The third kappa shape index (κ3) is 1.69. The van der Waals surface area contributed by atoms with Crippen molar-refractivity contribution < 1.29 is 4.74 Å². The first-order valence-electron chi connectivity index (χ1n) is 6.29. The molecule has 2 aromatic rings. The van der Waals surface area contributed by atoms with Crippen LogP contribution in [0, 0.1) is 0 Å². The number of hydrogen-bond donors (Lipinski definition) is 2. The molecule has 1 aliphatic rings.